The van der Waals surface area contributed by atoms with Gasteiger partial charge in [0.15, 0.2) is 0 Å². The maximum Gasteiger partial charge on any atom is 0.239 e. The molecular formula is C16H22N4O2S. The second-order valence-corrected chi connectivity index (χ2v) is 6.20. The van der Waals surface area contributed by atoms with Crippen LogP contribution in [0.5, 0.6) is 0 Å². The quantitative estimate of drug-likeness (QED) is 0.789. The summed E-state index contributed by atoms with van der Waals surface area (Å²) in [7, 11) is 1.73. The topological polar surface area (TPSA) is 67.2 Å². The van der Waals surface area contributed by atoms with Gasteiger partial charge >= 0.3 is 0 Å². The highest BCUT2D eigenvalue weighted by molar-refractivity contribution is 7.12. The Balaban J connectivity index is 2.25. The van der Waals surface area contributed by atoms with Crippen molar-refractivity contribution in [1.82, 2.24) is 14.7 Å². The Morgan fingerprint density at radius 1 is 1.35 bits per heavy atom. The largest absolute Gasteiger partial charge is 0.309 e. The van der Waals surface area contributed by atoms with Crippen LogP contribution >= 0.6 is 11.3 Å². The molecule has 0 fully saturated rings. The highest BCUT2D eigenvalue weighted by atomic mass is 32.1. The molecule has 124 valence electrons. The highest BCUT2D eigenvalue weighted by Gasteiger charge is 2.23. The predicted octanol–water partition coefficient (Wildman–Crippen LogP) is 2.30. The normalized spacial score (nSPS) is 11.0. The van der Waals surface area contributed by atoms with Crippen molar-refractivity contribution in [2.75, 3.05) is 25.0 Å². The van der Waals surface area contributed by atoms with E-state index in [9.17, 15) is 9.59 Å². The summed E-state index contributed by atoms with van der Waals surface area (Å²) in [6.45, 7) is 7.70. The number of hydrogen-bond donors (Lipinski definition) is 1. The second-order valence-electron chi connectivity index (χ2n) is 5.25. The first-order valence-corrected chi connectivity index (χ1v) is 8.49. The van der Waals surface area contributed by atoms with Gasteiger partial charge in [0.25, 0.3) is 0 Å². The smallest absolute Gasteiger partial charge is 0.239 e. The first kappa shape index (κ1) is 17.4. The van der Waals surface area contributed by atoms with Crippen LogP contribution in [0.25, 0.3) is 0 Å². The summed E-state index contributed by atoms with van der Waals surface area (Å²) in [4.78, 5) is 27.6. The Bertz CT molecular complexity index is 687. The molecule has 0 bridgehead atoms. The molecule has 0 atom stereocenters. The van der Waals surface area contributed by atoms with Gasteiger partial charge in [0.2, 0.25) is 11.7 Å². The monoisotopic (exact) mass is 334 g/mol. The van der Waals surface area contributed by atoms with Crippen LogP contribution in [-0.2, 0) is 11.8 Å². The van der Waals surface area contributed by atoms with Crippen molar-refractivity contribution in [3.05, 3.63) is 33.6 Å². The third kappa shape index (κ3) is 3.86. The molecule has 6 nitrogen and oxygen atoms in total. The summed E-state index contributed by atoms with van der Waals surface area (Å²) in [6.07, 6.45) is 0. The number of anilines is 1. The predicted molar refractivity (Wildman–Crippen MR) is 92.1 cm³/mol. The van der Waals surface area contributed by atoms with Crippen LogP contribution in [0.2, 0.25) is 0 Å². The number of rotatable bonds is 7. The van der Waals surface area contributed by atoms with Gasteiger partial charge in [0.05, 0.1) is 22.7 Å². The number of aromatic nitrogens is 2. The van der Waals surface area contributed by atoms with Crippen molar-refractivity contribution in [2.24, 2.45) is 7.05 Å². The first-order chi connectivity index (χ1) is 11.0. The second kappa shape index (κ2) is 7.52. The van der Waals surface area contributed by atoms with Gasteiger partial charge in [0.1, 0.15) is 5.82 Å². The fraction of sp³-hybridized carbons (Fsp3) is 0.438. The van der Waals surface area contributed by atoms with E-state index in [1.807, 2.05) is 30.2 Å². The lowest BCUT2D eigenvalue weighted by atomic mass is 10.1. The average Bonchev–Trinajstić information content (AvgIpc) is 3.13. The zero-order chi connectivity index (χ0) is 17.0. The minimum absolute atomic E-state index is 0.108. The lowest BCUT2D eigenvalue weighted by Crippen LogP contribution is -2.33. The number of carbonyl (C=O) groups is 2. The number of aryl methyl sites for hydroxylation is 2. The van der Waals surface area contributed by atoms with E-state index < -0.39 is 0 Å². The zero-order valence-corrected chi connectivity index (χ0v) is 14.7. The number of hydrogen-bond acceptors (Lipinski definition) is 5. The molecule has 0 aliphatic carbocycles. The van der Waals surface area contributed by atoms with E-state index in [0.717, 1.165) is 13.1 Å². The van der Waals surface area contributed by atoms with Gasteiger partial charge in [-0.25, -0.2) is 0 Å². The molecule has 0 radical (unpaired) electrons. The fourth-order valence-electron chi connectivity index (χ4n) is 2.43. The van der Waals surface area contributed by atoms with Gasteiger partial charge in [-0.1, -0.05) is 19.9 Å². The Labute approximate surface area is 140 Å². The first-order valence-electron chi connectivity index (χ1n) is 7.61. The molecule has 0 aromatic carbocycles. The average molecular weight is 334 g/mol. The van der Waals surface area contributed by atoms with Crippen LogP contribution < -0.4 is 5.32 Å². The molecule has 0 aliphatic rings. The minimum Gasteiger partial charge on any atom is -0.309 e. The van der Waals surface area contributed by atoms with Crippen LogP contribution in [0.3, 0.4) is 0 Å². The van der Waals surface area contributed by atoms with Gasteiger partial charge in [-0.3, -0.25) is 19.2 Å². The van der Waals surface area contributed by atoms with Gasteiger partial charge < -0.3 is 5.32 Å². The van der Waals surface area contributed by atoms with E-state index in [1.165, 1.54) is 11.3 Å². The van der Waals surface area contributed by atoms with Crippen molar-refractivity contribution in [3.63, 3.8) is 0 Å². The van der Waals surface area contributed by atoms with Crippen LogP contribution in [0.15, 0.2) is 17.5 Å². The van der Waals surface area contributed by atoms with E-state index in [4.69, 9.17) is 0 Å². The van der Waals surface area contributed by atoms with Crippen molar-refractivity contribution in [2.45, 2.75) is 20.8 Å². The van der Waals surface area contributed by atoms with E-state index in [2.05, 4.69) is 10.4 Å². The van der Waals surface area contributed by atoms with Gasteiger partial charge in [-0.05, 0) is 31.5 Å². The summed E-state index contributed by atoms with van der Waals surface area (Å²) in [5.74, 6) is 0.207. The minimum atomic E-state index is -0.142. The van der Waals surface area contributed by atoms with E-state index in [1.54, 1.807) is 24.7 Å². The molecule has 7 heteroatoms. The number of nitrogens with zero attached hydrogens (tertiary/aromatic N) is 3. The lowest BCUT2D eigenvalue weighted by molar-refractivity contribution is -0.117. The van der Waals surface area contributed by atoms with Crippen molar-refractivity contribution in [1.29, 1.82) is 0 Å². The third-order valence-electron chi connectivity index (χ3n) is 3.71. The Hall–Kier alpha value is -1.99. The van der Waals surface area contributed by atoms with Crippen molar-refractivity contribution < 1.29 is 9.59 Å². The lowest BCUT2D eigenvalue weighted by Gasteiger charge is -2.17. The third-order valence-corrected chi connectivity index (χ3v) is 4.58. The van der Waals surface area contributed by atoms with E-state index in [0.29, 0.717) is 28.5 Å². The zero-order valence-electron chi connectivity index (χ0n) is 13.9. The Kier molecular flexibility index (Phi) is 5.68. The summed E-state index contributed by atoms with van der Waals surface area (Å²) in [6, 6.07) is 3.61. The molecular weight excluding hydrogens is 312 g/mol. The number of thiophene rings is 1. The number of ketones is 1. The summed E-state index contributed by atoms with van der Waals surface area (Å²) in [5.41, 5.74) is 1.08. The standard InChI is InChI=1S/C16H22N4O2S/c1-5-20(6-2)10-13(21)17-16-14(11(3)18-19(16)4)15(22)12-8-7-9-23-12/h7-9H,5-6,10H2,1-4H3,(H,17,21). The molecule has 23 heavy (non-hydrogen) atoms. The molecule has 2 rings (SSSR count). The van der Waals surface area contributed by atoms with Crippen LogP contribution in [0.4, 0.5) is 5.82 Å². The maximum absolute atomic E-state index is 12.7. The molecule has 2 aromatic heterocycles. The number of carbonyl (C=O) groups excluding carboxylic acids is 2. The molecule has 0 spiro atoms. The van der Waals surface area contributed by atoms with E-state index in [-0.39, 0.29) is 11.7 Å². The van der Waals surface area contributed by atoms with Crippen molar-refractivity contribution in [3.8, 4) is 0 Å². The molecule has 0 unspecified atom stereocenters. The molecule has 2 heterocycles. The van der Waals surface area contributed by atoms with Crippen molar-refractivity contribution >= 4 is 28.8 Å². The Morgan fingerprint density at radius 3 is 2.61 bits per heavy atom. The number of likely N-dealkylation sites (N-methyl/N-ethyl adjacent to an activating group) is 1. The summed E-state index contributed by atoms with van der Waals surface area (Å²) >= 11 is 1.38. The summed E-state index contributed by atoms with van der Waals surface area (Å²) in [5, 5.41) is 8.99. The Morgan fingerprint density at radius 2 is 2.04 bits per heavy atom. The fourth-order valence-corrected chi connectivity index (χ4v) is 3.10. The SMILES string of the molecule is CCN(CC)CC(=O)Nc1c(C(=O)c2cccs2)c(C)nn1C. The highest BCUT2D eigenvalue weighted by Crippen LogP contribution is 2.24. The molecule has 1 amide bonds. The summed E-state index contributed by atoms with van der Waals surface area (Å²) < 4.78 is 1.55. The van der Waals surface area contributed by atoms with Crippen LogP contribution in [0.1, 0.15) is 34.8 Å². The molecule has 0 saturated carbocycles. The molecule has 0 saturated heterocycles. The van der Waals surface area contributed by atoms with Crippen LogP contribution in [-0.4, -0.2) is 46.0 Å². The molecule has 2 aromatic rings. The maximum atomic E-state index is 12.7. The number of nitrogens with one attached hydrogen (secondary N) is 1. The van der Waals surface area contributed by atoms with Gasteiger partial charge in [0, 0.05) is 7.05 Å². The van der Waals surface area contributed by atoms with Gasteiger partial charge in [-0.15, -0.1) is 11.3 Å². The van der Waals surface area contributed by atoms with E-state index >= 15 is 0 Å². The van der Waals surface area contributed by atoms with Crippen LogP contribution in [0, 0.1) is 6.92 Å². The molecule has 1 N–H and O–H groups in total. The van der Waals surface area contributed by atoms with Gasteiger partial charge in [-0.2, -0.15) is 5.10 Å². The number of amides is 1. The molecule has 0 aliphatic heterocycles.